The Morgan fingerprint density at radius 2 is 2.04 bits per heavy atom. The van der Waals surface area contributed by atoms with E-state index in [2.05, 4.69) is 20.8 Å². The first-order valence-corrected chi connectivity index (χ1v) is 8.47. The monoisotopic (exact) mass is 365 g/mol. The fourth-order valence-corrected chi connectivity index (χ4v) is 3.27. The lowest BCUT2D eigenvalue weighted by Gasteiger charge is -2.15. The number of carbonyl (C=O) groups is 1. The molecule has 2 heterocycles. The molecule has 0 fully saturated rings. The Labute approximate surface area is 155 Å². The second kappa shape index (κ2) is 6.31. The van der Waals surface area contributed by atoms with Crippen LogP contribution in [0.3, 0.4) is 0 Å². The van der Waals surface area contributed by atoms with Crippen molar-refractivity contribution >= 4 is 45.5 Å². The summed E-state index contributed by atoms with van der Waals surface area (Å²) in [7, 11) is 0. The van der Waals surface area contributed by atoms with Gasteiger partial charge in [0.05, 0.1) is 34.5 Å². The van der Waals surface area contributed by atoms with E-state index in [9.17, 15) is 4.79 Å². The standard InChI is InChI=1S/C19H16ClN5O/c1-10-8-21-17-13(18(23-10)12-5-3-4-6-15(12)20)7-16(24-11(2)26)19-14(17)9-22-25-19/h3-9,21H,1-2H3,(H,22,25)(H,24,26). The van der Waals surface area contributed by atoms with Gasteiger partial charge in [-0.05, 0) is 19.1 Å². The molecule has 0 saturated heterocycles. The van der Waals surface area contributed by atoms with E-state index in [1.165, 1.54) is 6.92 Å². The number of amides is 1. The fourth-order valence-electron chi connectivity index (χ4n) is 3.05. The van der Waals surface area contributed by atoms with Gasteiger partial charge in [-0.2, -0.15) is 5.10 Å². The van der Waals surface area contributed by atoms with Gasteiger partial charge < -0.3 is 10.6 Å². The average molecular weight is 366 g/mol. The first-order valence-electron chi connectivity index (χ1n) is 8.09. The van der Waals surface area contributed by atoms with E-state index in [0.29, 0.717) is 10.7 Å². The Morgan fingerprint density at radius 3 is 2.81 bits per heavy atom. The number of benzene rings is 2. The summed E-state index contributed by atoms with van der Waals surface area (Å²) in [6.45, 7) is 3.39. The van der Waals surface area contributed by atoms with Gasteiger partial charge in [-0.3, -0.25) is 14.9 Å². The summed E-state index contributed by atoms with van der Waals surface area (Å²) in [6, 6.07) is 9.46. The highest BCUT2D eigenvalue weighted by Gasteiger charge is 2.22. The summed E-state index contributed by atoms with van der Waals surface area (Å²) in [6.07, 6.45) is 3.57. The number of aliphatic imine (C=N–C) groups is 1. The number of nitrogens with one attached hydrogen (secondary N) is 3. The number of halogens is 1. The van der Waals surface area contributed by atoms with E-state index < -0.39 is 0 Å². The van der Waals surface area contributed by atoms with E-state index in [1.54, 1.807) is 6.20 Å². The van der Waals surface area contributed by atoms with Crippen molar-refractivity contribution in [2.45, 2.75) is 13.8 Å². The second-order valence-electron chi connectivity index (χ2n) is 6.06. The van der Waals surface area contributed by atoms with Gasteiger partial charge in [0.25, 0.3) is 0 Å². The normalized spacial score (nSPS) is 13.3. The van der Waals surface area contributed by atoms with Gasteiger partial charge in [-0.15, -0.1) is 0 Å². The lowest BCUT2D eigenvalue weighted by Crippen LogP contribution is -2.11. The van der Waals surface area contributed by atoms with Crippen molar-refractivity contribution in [3.8, 4) is 0 Å². The van der Waals surface area contributed by atoms with Crippen LogP contribution in [-0.4, -0.2) is 21.8 Å². The van der Waals surface area contributed by atoms with E-state index >= 15 is 0 Å². The Hall–Kier alpha value is -3.12. The molecule has 26 heavy (non-hydrogen) atoms. The number of hydrogen-bond donors (Lipinski definition) is 3. The molecule has 0 spiro atoms. The molecule has 0 radical (unpaired) electrons. The van der Waals surface area contributed by atoms with Crippen LogP contribution in [0.15, 0.2) is 53.4 Å². The van der Waals surface area contributed by atoms with Crippen LogP contribution >= 0.6 is 11.6 Å². The Bertz CT molecular complexity index is 1100. The van der Waals surface area contributed by atoms with Crippen molar-refractivity contribution in [3.05, 3.63) is 64.6 Å². The SMILES string of the molecule is CC(=O)Nc1cc2c(c3cn[nH]c13)NC=C(C)N=C2c1ccccc1Cl. The Balaban J connectivity index is 2.04. The summed E-state index contributed by atoms with van der Waals surface area (Å²) in [4.78, 5) is 16.4. The van der Waals surface area contributed by atoms with Crippen molar-refractivity contribution < 1.29 is 4.79 Å². The van der Waals surface area contributed by atoms with Gasteiger partial charge in [0, 0.05) is 34.7 Å². The first kappa shape index (κ1) is 16.4. The van der Waals surface area contributed by atoms with Crippen LogP contribution in [0.1, 0.15) is 25.0 Å². The number of carbonyl (C=O) groups excluding carboxylic acids is 1. The van der Waals surface area contributed by atoms with Crippen molar-refractivity contribution in [3.63, 3.8) is 0 Å². The number of fused-ring (bicyclic) bond motifs is 3. The molecule has 7 heteroatoms. The number of nitrogens with zero attached hydrogens (tertiary/aromatic N) is 2. The number of hydrogen-bond acceptors (Lipinski definition) is 4. The maximum atomic E-state index is 11.6. The molecule has 0 atom stereocenters. The summed E-state index contributed by atoms with van der Waals surface area (Å²) < 4.78 is 0. The van der Waals surface area contributed by atoms with Crippen molar-refractivity contribution in [1.29, 1.82) is 0 Å². The minimum absolute atomic E-state index is 0.159. The van der Waals surface area contributed by atoms with E-state index in [1.807, 2.05) is 43.5 Å². The third kappa shape index (κ3) is 2.74. The second-order valence-corrected chi connectivity index (χ2v) is 6.46. The summed E-state index contributed by atoms with van der Waals surface area (Å²) in [5.41, 5.74) is 5.46. The van der Waals surface area contributed by atoms with Crippen LogP contribution in [0, 0.1) is 0 Å². The highest BCUT2D eigenvalue weighted by molar-refractivity contribution is 6.36. The molecule has 0 aliphatic carbocycles. The van der Waals surface area contributed by atoms with Crippen molar-refractivity contribution in [2.75, 3.05) is 10.6 Å². The zero-order valence-electron chi connectivity index (χ0n) is 14.2. The molecule has 1 aliphatic heterocycles. The minimum atomic E-state index is -0.159. The largest absolute Gasteiger partial charge is 0.359 e. The quantitative estimate of drug-likeness (QED) is 0.633. The Kier molecular flexibility index (Phi) is 3.97. The predicted molar refractivity (Wildman–Crippen MR) is 105 cm³/mol. The lowest BCUT2D eigenvalue weighted by molar-refractivity contribution is -0.114. The van der Waals surface area contributed by atoms with E-state index in [4.69, 9.17) is 16.6 Å². The van der Waals surface area contributed by atoms with Crippen LogP contribution in [0.5, 0.6) is 0 Å². The molecular weight excluding hydrogens is 350 g/mol. The summed E-state index contributed by atoms with van der Waals surface area (Å²) >= 11 is 6.44. The zero-order chi connectivity index (χ0) is 18.3. The maximum Gasteiger partial charge on any atom is 0.221 e. The number of H-pyrrole nitrogens is 1. The van der Waals surface area contributed by atoms with Crippen LogP contribution in [0.25, 0.3) is 10.9 Å². The molecule has 3 aromatic rings. The lowest BCUT2D eigenvalue weighted by atomic mass is 9.97. The highest BCUT2D eigenvalue weighted by Crippen LogP contribution is 2.36. The zero-order valence-corrected chi connectivity index (χ0v) is 15.0. The van der Waals surface area contributed by atoms with Gasteiger partial charge in [0.1, 0.15) is 0 Å². The molecular formula is C19H16ClN5O. The highest BCUT2D eigenvalue weighted by atomic mass is 35.5. The molecule has 1 amide bonds. The molecule has 6 nitrogen and oxygen atoms in total. The fraction of sp³-hybridized carbons (Fsp3) is 0.105. The van der Waals surface area contributed by atoms with Gasteiger partial charge in [0.2, 0.25) is 5.91 Å². The molecule has 4 rings (SSSR count). The van der Waals surface area contributed by atoms with E-state index in [0.717, 1.165) is 39.1 Å². The number of aromatic nitrogens is 2. The smallest absolute Gasteiger partial charge is 0.221 e. The van der Waals surface area contributed by atoms with E-state index in [-0.39, 0.29) is 5.91 Å². The number of anilines is 2. The maximum absolute atomic E-state index is 11.6. The van der Waals surface area contributed by atoms with Gasteiger partial charge in [0.15, 0.2) is 0 Å². The summed E-state index contributed by atoms with van der Waals surface area (Å²) in [5.74, 6) is -0.159. The molecule has 130 valence electrons. The molecule has 0 saturated carbocycles. The Morgan fingerprint density at radius 1 is 1.23 bits per heavy atom. The molecule has 3 N–H and O–H groups in total. The van der Waals surface area contributed by atoms with Crippen LogP contribution in [-0.2, 0) is 4.79 Å². The topological polar surface area (TPSA) is 82.2 Å². The third-order valence-corrected chi connectivity index (χ3v) is 4.47. The minimum Gasteiger partial charge on any atom is -0.359 e. The van der Waals surface area contributed by atoms with Gasteiger partial charge in [-0.25, -0.2) is 0 Å². The number of rotatable bonds is 2. The predicted octanol–water partition coefficient (Wildman–Crippen LogP) is 4.30. The van der Waals surface area contributed by atoms with Gasteiger partial charge >= 0.3 is 0 Å². The number of allylic oxidation sites excluding steroid dienone is 1. The molecule has 2 aromatic carbocycles. The van der Waals surface area contributed by atoms with Crippen LogP contribution in [0.2, 0.25) is 5.02 Å². The molecule has 0 bridgehead atoms. The third-order valence-electron chi connectivity index (χ3n) is 4.14. The van der Waals surface area contributed by atoms with Crippen LogP contribution in [0.4, 0.5) is 11.4 Å². The van der Waals surface area contributed by atoms with Crippen LogP contribution < -0.4 is 10.6 Å². The molecule has 0 unspecified atom stereocenters. The van der Waals surface area contributed by atoms with Crippen molar-refractivity contribution in [2.24, 2.45) is 4.99 Å². The van der Waals surface area contributed by atoms with Gasteiger partial charge in [-0.1, -0.05) is 29.8 Å². The molecule has 1 aliphatic rings. The number of aromatic amines is 1. The first-order chi connectivity index (χ1) is 12.5. The van der Waals surface area contributed by atoms with Crippen molar-refractivity contribution in [1.82, 2.24) is 10.2 Å². The average Bonchev–Trinajstić information content (AvgIpc) is 3.03. The molecule has 1 aromatic heterocycles. The summed E-state index contributed by atoms with van der Waals surface area (Å²) in [5, 5.41) is 14.7.